The smallest absolute Gasteiger partial charge is 0.243 e. The average Bonchev–Trinajstić information content (AvgIpc) is 3.22. The van der Waals surface area contributed by atoms with Gasteiger partial charge in [-0.1, -0.05) is 32.0 Å². The van der Waals surface area contributed by atoms with Gasteiger partial charge in [0.25, 0.3) is 0 Å². The number of hydrogen-bond acceptors (Lipinski definition) is 4. The van der Waals surface area contributed by atoms with Crippen LogP contribution in [-0.4, -0.2) is 50.9 Å². The van der Waals surface area contributed by atoms with E-state index in [1.165, 1.54) is 0 Å². The number of hydrogen-bond donors (Lipinski definition) is 2. The normalized spacial score (nSPS) is 26.9. The molecule has 1 aromatic carbocycles. The number of sulfonamides is 1. The molecule has 1 saturated heterocycles. The van der Waals surface area contributed by atoms with Crippen molar-refractivity contribution in [2.75, 3.05) is 20.1 Å². The molecular formula is C20H31N3O3S. The van der Waals surface area contributed by atoms with Crippen molar-refractivity contribution >= 4 is 15.9 Å². The van der Waals surface area contributed by atoms with Crippen LogP contribution < -0.4 is 10.6 Å². The lowest BCUT2D eigenvalue weighted by Gasteiger charge is -2.25. The Morgan fingerprint density at radius 3 is 2.52 bits per heavy atom. The molecule has 1 amide bonds. The molecule has 1 saturated carbocycles. The monoisotopic (exact) mass is 393 g/mol. The van der Waals surface area contributed by atoms with Gasteiger partial charge in [0, 0.05) is 19.1 Å². The molecule has 3 unspecified atom stereocenters. The summed E-state index contributed by atoms with van der Waals surface area (Å²) in [5.74, 6) is 0.986. The van der Waals surface area contributed by atoms with Crippen molar-refractivity contribution in [2.24, 2.45) is 17.8 Å². The van der Waals surface area contributed by atoms with Crippen LogP contribution in [-0.2, 0) is 14.8 Å². The summed E-state index contributed by atoms with van der Waals surface area (Å²) in [5.41, 5.74) is 0. The van der Waals surface area contributed by atoms with Crippen LogP contribution in [0.25, 0.3) is 0 Å². The lowest BCUT2D eigenvalue weighted by atomic mass is 9.97. The van der Waals surface area contributed by atoms with E-state index in [0.717, 1.165) is 19.3 Å². The van der Waals surface area contributed by atoms with Gasteiger partial charge in [0.2, 0.25) is 15.9 Å². The zero-order chi connectivity index (χ0) is 19.6. The van der Waals surface area contributed by atoms with Gasteiger partial charge in [-0.15, -0.1) is 0 Å². The number of rotatable bonds is 7. The average molecular weight is 394 g/mol. The fourth-order valence-corrected chi connectivity index (χ4v) is 6.01. The molecule has 3 rings (SSSR count). The van der Waals surface area contributed by atoms with Crippen molar-refractivity contribution < 1.29 is 13.2 Å². The van der Waals surface area contributed by atoms with Crippen LogP contribution in [0.2, 0.25) is 0 Å². The van der Waals surface area contributed by atoms with E-state index in [2.05, 4.69) is 24.5 Å². The molecule has 1 heterocycles. The number of nitrogens with one attached hydrogen (secondary N) is 2. The predicted molar refractivity (Wildman–Crippen MR) is 106 cm³/mol. The molecule has 1 aliphatic heterocycles. The van der Waals surface area contributed by atoms with Crippen molar-refractivity contribution in [1.29, 1.82) is 0 Å². The second kappa shape index (κ2) is 8.29. The summed E-state index contributed by atoms with van der Waals surface area (Å²) < 4.78 is 27.4. The minimum Gasteiger partial charge on any atom is -0.352 e. The Bertz CT molecular complexity index is 751. The molecule has 1 aliphatic carbocycles. The quantitative estimate of drug-likeness (QED) is 0.741. The van der Waals surface area contributed by atoms with Gasteiger partial charge in [-0.3, -0.25) is 4.79 Å². The molecule has 150 valence electrons. The number of carbonyl (C=O) groups is 1. The Balaban J connectivity index is 1.66. The molecule has 7 heteroatoms. The summed E-state index contributed by atoms with van der Waals surface area (Å²) in [4.78, 5) is 13.0. The summed E-state index contributed by atoms with van der Waals surface area (Å²) in [5, 5.41) is 6.30. The minimum atomic E-state index is -3.46. The summed E-state index contributed by atoms with van der Waals surface area (Å²) in [6, 6.07) is 8.46. The molecule has 4 atom stereocenters. The van der Waals surface area contributed by atoms with Crippen LogP contribution >= 0.6 is 0 Å². The molecule has 2 N–H and O–H groups in total. The van der Waals surface area contributed by atoms with Crippen molar-refractivity contribution in [2.45, 2.75) is 50.1 Å². The van der Waals surface area contributed by atoms with Gasteiger partial charge in [-0.2, -0.15) is 4.31 Å². The van der Waals surface area contributed by atoms with E-state index in [9.17, 15) is 13.2 Å². The highest BCUT2D eigenvalue weighted by Gasteiger charge is 2.47. The van der Waals surface area contributed by atoms with Crippen molar-refractivity contribution in [3.8, 4) is 0 Å². The lowest BCUT2D eigenvalue weighted by molar-refractivity contribution is -0.124. The molecule has 0 bridgehead atoms. The fraction of sp³-hybridized carbons (Fsp3) is 0.650. The zero-order valence-corrected chi connectivity index (χ0v) is 17.2. The first-order chi connectivity index (χ1) is 12.8. The summed E-state index contributed by atoms with van der Waals surface area (Å²) >= 11 is 0. The molecule has 27 heavy (non-hydrogen) atoms. The first kappa shape index (κ1) is 20.3. The topological polar surface area (TPSA) is 78.5 Å². The largest absolute Gasteiger partial charge is 0.352 e. The number of benzene rings is 1. The van der Waals surface area contributed by atoms with E-state index < -0.39 is 10.0 Å². The molecular weight excluding hydrogens is 362 g/mol. The summed E-state index contributed by atoms with van der Waals surface area (Å²) in [6.45, 7) is 5.25. The van der Waals surface area contributed by atoms with E-state index in [4.69, 9.17) is 0 Å². The Morgan fingerprint density at radius 1 is 1.19 bits per heavy atom. The van der Waals surface area contributed by atoms with Gasteiger partial charge in [0.05, 0.1) is 10.9 Å². The molecule has 2 aliphatic rings. The molecule has 0 aromatic heterocycles. The van der Waals surface area contributed by atoms with Gasteiger partial charge in [0.15, 0.2) is 0 Å². The second-order valence-electron chi connectivity index (χ2n) is 8.22. The number of carbonyl (C=O) groups excluding carboxylic acids is 1. The van der Waals surface area contributed by atoms with Gasteiger partial charge < -0.3 is 10.6 Å². The standard InChI is InChI=1S/C20H31N3O3S/c1-14(2)11-19(21-3)20(24)22-18-10-9-15-12-23(13-17(15)18)27(25,26)16-7-5-4-6-8-16/h4-8,14-15,17-19,21H,9-13H2,1-3H3,(H,22,24)/t15-,17?,18?,19?/m0/s1. The van der Waals surface area contributed by atoms with E-state index in [1.807, 2.05) is 13.1 Å². The van der Waals surface area contributed by atoms with E-state index in [1.54, 1.807) is 28.6 Å². The second-order valence-corrected chi connectivity index (χ2v) is 10.2. The number of amides is 1. The first-order valence-corrected chi connectivity index (χ1v) is 11.3. The van der Waals surface area contributed by atoms with Crippen molar-refractivity contribution in [1.82, 2.24) is 14.9 Å². The van der Waals surface area contributed by atoms with Crippen LogP contribution in [0.5, 0.6) is 0 Å². The van der Waals surface area contributed by atoms with Crippen LogP contribution in [0.15, 0.2) is 35.2 Å². The maximum absolute atomic E-state index is 12.9. The third-order valence-electron chi connectivity index (χ3n) is 5.90. The lowest BCUT2D eigenvalue weighted by Crippen LogP contribution is -2.49. The van der Waals surface area contributed by atoms with Crippen LogP contribution in [0.1, 0.15) is 33.1 Å². The Labute approximate surface area is 162 Å². The van der Waals surface area contributed by atoms with E-state index >= 15 is 0 Å². The van der Waals surface area contributed by atoms with Gasteiger partial charge in [-0.05, 0) is 56.2 Å². The molecule has 1 aromatic rings. The Morgan fingerprint density at radius 2 is 1.89 bits per heavy atom. The Hall–Kier alpha value is -1.44. The first-order valence-electron chi connectivity index (χ1n) is 9.85. The van der Waals surface area contributed by atoms with E-state index in [-0.39, 0.29) is 23.9 Å². The van der Waals surface area contributed by atoms with Gasteiger partial charge in [0.1, 0.15) is 0 Å². The van der Waals surface area contributed by atoms with Crippen LogP contribution in [0.4, 0.5) is 0 Å². The molecule has 2 fully saturated rings. The molecule has 0 radical (unpaired) electrons. The van der Waals surface area contributed by atoms with E-state index in [0.29, 0.717) is 29.8 Å². The number of likely N-dealkylation sites (N-methyl/N-ethyl adjacent to an activating group) is 1. The predicted octanol–water partition coefficient (Wildman–Crippen LogP) is 1.84. The van der Waals surface area contributed by atoms with Crippen LogP contribution in [0, 0.1) is 17.8 Å². The van der Waals surface area contributed by atoms with Crippen LogP contribution in [0.3, 0.4) is 0 Å². The number of fused-ring (bicyclic) bond motifs is 1. The zero-order valence-electron chi connectivity index (χ0n) is 16.4. The summed E-state index contributed by atoms with van der Waals surface area (Å²) in [7, 11) is -1.65. The highest BCUT2D eigenvalue weighted by Crippen LogP contribution is 2.40. The van der Waals surface area contributed by atoms with Crippen molar-refractivity contribution in [3.63, 3.8) is 0 Å². The third kappa shape index (κ3) is 4.36. The number of nitrogens with zero attached hydrogens (tertiary/aromatic N) is 1. The minimum absolute atomic E-state index is 0.0289. The maximum atomic E-state index is 12.9. The molecule has 6 nitrogen and oxygen atoms in total. The summed E-state index contributed by atoms with van der Waals surface area (Å²) in [6.07, 6.45) is 2.68. The highest BCUT2D eigenvalue weighted by molar-refractivity contribution is 7.89. The van der Waals surface area contributed by atoms with Crippen molar-refractivity contribution in [3.05, 3.63) is 30.3 Å². The maximum Gasteiger partial charge on any atom is 0.243 e. The fourth-order valence-electron chi connectivity index (χ4n) is 4.45. The van der Waals surface area contributed by atoms with Gasteiger partial charge >= 0.3 is 0 Å². The Kier molecular flexibility index (Phi) is 6.23. The highest BCUT2D eigenvalue weighted by atomic mass is 32.2. The van der Waals surface area contributed by atoms with Gasteiger partial charge in [-0.25, -0.2) is 8.42 Å². The third-order valence-corrected chi connectivity index (χ3v) is 7.75. The molecule has 0 spiro atoms. The SMILES string of the molecule is CNC(CC(C)C)C(=O)NC1CC[C@H]2CN(S(=O)(=O)c3ccccc3)CC12.